The van der Waals surface area contributed by atoms with Gasteiger partial charge < -0.3 is 15.8 Å². The minimum Gasteiger partial charge on any atom is -0.432 e. The van der Waals surface area contributed by atoms with E-state index < -0.39 is 18.2 Å². The summed E-state index contributed by atoms with van der Waals surface area (Å²) in [6, 6.07) is 2.09. The molecule has 1 rings (SSSR count). The van der Waals surface area contributed by atoms with E-state index in [1.165, 1.54) is 0 Å². The Morgan fingerprint density at radius 2 is 2.21 bits per heavy atom. The van der Waals surface area contributed by atoms with E-state index in [0.29, 0.717) is 12.2 Å². The molecule has 7 heteroatoms. The summed E-state index contributed by atoms with van der Waals surface area (Å²) in [4.78, 5) is 0. The van der Waals surface area contributed by atoms with Crippen LogP contribution in [0.4, 0.5) is 24.5 Å². The topological polar surface area (TPSA) is 47.3 Å². The van der Waals surface area contributed by atoms with Crippen molar-refractivity contribution in [3.8, 4) is 5.75 Å². The van der Waals surface area contributed by atoms with Crippen LogP contribution in [0, 0.1) is 5.82 Å². The van der Waals surface area contributed by atoms with Crippen LogP contribution in [-0.4, -0.2) is 24.7 Å². The molecule has 0 unspecified atom stereocenters. The molecular formula is C12H15F3N2OS. The second-order valence-corrected chi connectivity index (χ2v) is 4.69. The maximum absolute atomic E-state index is 13.3. The monoisotopic (exact) mass is 292 g/mol. The van der Waals surface area contributed by atoms with Gasteiger partial charge in [-0.05, 0) is 0 Å². The van der Waals surface area contributed by atoms with Gasteiger partial charge in [0.15, 0.2) is 11.6 Å². The lowest BCUT2D eigenvalue weighted by molar-refractivity contribution is -0.0521. The lowest BCUT2D eigenvalue weighted by Crippen LogP contribution is -2.09. The molecule has 0 bridgehead atoms. The van der Waals surface area contributed by atoms with E-state index in [2.05, 4.69) is 16.6 Å². The van der Waals surface area contributed by atoms with Crippen molar-refractivity contribution in [3.05, 3.63) is 30.6 Å². The van der Waals surface area contributed by atoms with Crippen LogP contribution in [0.5, 0.6) is 5.75 Å². The van der Waals surface area contributed by atoms with E-state index in [1.807, 2.05) is 0 Å². The molecule has 1 aromatic rings. The Kier molecular flexibility index (Phi) is 6.41. The molecule has 0 aliphatic rings. The fourth-order valence-electron chi connectivity index (χ4n) is 1.33. The summed E-state index contributed by atoms with van der Waals surface area (Å²) in [7, 11) is 0. The molecule has 1 aromatic carbocycles. The Labute approximate surface area is 114 Å². The molecule has 0 radical (unpaired) electrons. The van der Waals surface area contributed by atoms with Crippen LogP contribution in [0.2, 0.25) is 0 Å². The molecule has 0 saturated heterocycles. The van der Waals surface area contributed by atoms with Crippen LogP contribution in [0.25, 0.3) is 0 Å². The number of hydrogen-bond donors (Lipinski definition) is 2. The van der Waals surface area contributed by atoms with E-state index in [1.54, 1.807) is 17.8 Å². The highest BCUT2D eigenvalue weighted by Crippen LogP contribution is 2.29. The first-order valence-corrected chi connectivity index (χ1v) is 6.66. The van der Waals surface area contributed by atoms with Crippen molar-refractivity contribution in [2.45, 2.75) is 6.61 Å². The van der Waals surface area contributed by atoms with Crippen LogP contribution < -0.4 is 15.8 Å². The highest BCUT2D eigenvalue weighted by Gasteiger charge is 2.13. The van der Waals surface area contributed by atoms with Crippen molar-refractivity contribution < 1.29 is 17.9 Å². The highest BCUT2D eigenvalue weighted by molar-refractivity contribution is 7.99. The van der Waals surface area contributed by atoms with E-state index in [9.17, 15) is 13.2 Å². The maximum Gasteiger partial charge on any atom is 0.387 e. The average molecular weight is 292 g/mol. The normalized spacial score (nSPS) is 10.5. The third kappa shape index (κ3) is 5.34. The molecule has 0 aliphatic heterocycles. The second-order valence-electron chi connectivity index (χ2n) is 3.54. The van der Waals surface area contributed by atoms with Crippen molar-refractivity contribution in [2.24, 2.45) is 0 Å². The van der Waals surface area contributed by atoms with Gasteiger partial charge in [0.25, 0.3) is 0 Å². The number of ether oxygens (including phenoxy) is 1. The molecule has 0 heterocycles. The van der Waals surface area contributed by atoms with Crippen molar-refractivity contribution in [1.82, 2.24) is 0 Å². The summed E-state index contributed by atoms with van der Waals surface area (Å²) in [5, 5.41) is 2.94. The van der Waals surface area contributed by atoms with Crippen LogP contribution in [0.15, 0.2) is 24.8 Å². The van der Waals surface area contributed by atoms with E-state index in [0.717, 1.165) is 23.6 Å². The molecule has 0 atom stereocenters. The molecule has 0 fully saturated rings. The number of nitrogens with two attached hydrogens (primary N) is 1. The average Bonchev–Trinajstić information content (AvgIpc) is 2.33. The highest BCUT2D eigenvalue weighted by atomic mass is 32.2. The Morgan fingerprint density at radius 1 is 1.47 bits per heavy atom. The molecule has 0 saturated carbocycles. The zero-order valence-electron chi connectivity index (χ0n) is 10.2. The number of rotatable bonds is 8. The van der Waals surface area contributed by atoms with Crippen LogP contribution in [-0.2, 0) is 0 Å². The molecule has 3 N–H and O–H groups in total. The number of halogens is 3. The largest absolute Gasteiger partial charge is 0.432 e. The predicted molar refractivity (Wildman–Crippen MR) is 73.5 cm³/mol. The van der Waals surface area contributed by atoms with Crippen molar-refractivity contribution in [3.63, 3.8) is 0 Å². The third-order valence-corrected chi connectivity index (χ3v) is 3.08. The van der Waals surface area contributed by atoms with Gasteiger partial charge in [-0.2, -0.15) is 20.5 Å². The Bertz CT molecular complexity index is 430. The van der Waals surface area contributed by atoms with Crippen LogP contribution in [0.1, 0.15) is 0 Å². The molecule has 0 aliphatic carbocycles. The zero-order valence-corrected chi connectivity index (χ0v) is 11.0. The van der Waals surface area contributed by atoms with E-state index >= 15 is 0 Å². The Morgan fingerprint density at radius 3 is 2.84 bits per heavy atom. The standard InChI is InChI=1S/C12H15F3N2OS/c1-2-4-19-5-3-17-10-7-11(18-12(14)15)8(13)6-9(10)16/h2,6-7,12,17H,1,3-5,16H2. The maximum atomic E-state index is 13.3. The second kappa shape index (κ2) is 7.83. The number of anilines is 2. The summed E-state index contributed by atoms with van der Waals surface area (Å²) in [5.74, 6) is 0.170. The minimum atomic E-state index is -3.07. The van der Waals surface area contributed by atoms with Gasteiger partial charge >= 0.3 is 6.61 Å². The van der Waals surface area contributed by atoms with Crippen molar-refractivity contribution in [2.75, 3.05) is 29.1 Å². The van der Waals surface area contributed by atoms with Gasteiger partial charge in [-0.25, -0.2) is 4.39 Å². The first kappa shape index (κ1) is 15.6. The fourth-order valence-corrected chi connectivity index (χ4v) is 1.91. The number of thioether (sulfide) groups is 1. The summed E-state index contributed by atoms with van der Waals surface area (Å²) in [5.41, 5.74) is 6.11. The minimum absolute atomic E-state index is 0.146. The Balaban J connectivity index is 2.63. The summed E-state index contributed by atoms with van der Waals surface area (Å²) in [6.07, 6.45) is 1.78. The summed E-state index contributed by atoms with van der Waals surface area (Å²) < 4.78 is 41.5. The summed E-state index contributed by atoms with van der Waals surface area (Å²) in [6.45, 7) is 1.09. The quantitative estimate of drug-likeness (QED) is 0.438. The fraction of sp³-hybridized carbons (Fsp3) is 0.333. The van der Waals surface area contributed by atoms with E-state index in [-0.39, 0.29) is 5.69 Å². The molecular weight excluding hydrogens is 277 g/mol. The first-order valence-electron chi connectivity index (χ1n) is 5.51. The molecule has 3 nitrogen and oxygen atoms in total. The number of nitrogen functional groups attached to an aromatic ring is 1. The molecule has 106 valence electrons. The van der Waals surface area contributed by atoms with Gasteiger partial charge in [0, 0.05) is 30.2 Å². The summed E-state index contributed by atoms with van der Waals surface area (Å²) >= 11 is 1.65. The van der Waals surface area contributed by atoms with Gasteiger partial charge in [-0.3, -0.25) is 0 Å². The molecule has 19 heavy (non-hydrogen) atoms. The SMILES string of the molecule is C=CCSCCNc1cc(OC(F)F)c(F)cc1N. The van der Waals surface area contributed by atoms with Gasteiger partial charge in [-0.1, -0.05) is 6.08 Å². The van der Waals surface area contributed by atoms with E-state index in [4.69, 9.17) is 5.73 Å². The molecule has 0 spiro atoms. The lowest BCUT2D eigenvalue weighted by Gasteiger charge is -2.12. The zero-order chi connectivity index (χ0) is 14.3. The van der Waals surface area contributed by atoms with Gasteiger partial charge in [0.1, 0.15) is 0 Å². The first-order chi connectivity index (χ1) is 9.04. The number of benzene rings is 1. The molecule has 0 aromatic heterocycles. The smallest absolute Gasteiger partial charge is 0.387 e. The Hall–Kier alpha value is -1.50. The van der Waals surface area contributed by atoms with Crippen LogP contribution in [0.3, 0.4) is 0 Å². The van der Waals surface area contributed by atoms with Crippen molar-refractivity contribution in [1.29, 1.82) is 0 Å². The number of nitrogens with one attached hydrogen (secondary N) is 1. The van der Waals surface area contributed by atoms with Gasteiger partial charge in [-0.15, -0.1) is 6.58 Å². The van der Waals surface area contributed by atoms with Gasteiger partial charge in [0.2, 0.25) is 0 Å². The molecule has 0 amide bonds. The number of alkyl halides is 2. The van der Waals surface area contributed by atoms with Crippen molar-refractivity contribution >= 4 is 23.1 Å². The number of hydrogen-bond acceptors (Lipinski definition) is 4. The van der Waals surface area contributed by atoms with Gasteiger partial charge in [0.05, 0.1) is 11.4 Å². The third-order valence-electron chi connectivity index (χ3n) is 2.12. The van der Waals surface area contributed by atoms with Crippen LogP contribution >= 0.6 is 11.8 Å². The predicted octanol–water partition coefficient (Wildman–Crippen LogP) is 3.34. The lowest BCUT2D eigenvalue weighted by atomic mass is 10.2.